The van der Waals surface area contributed by atoms with Gasteiger partial charge in [0.15, 0.2) is 17.5 Å². The maximum atomic E-state index is 6.31. The fourth-order valence-electron chi connectivity index (χ4n) is 21.5. The van der Waals surface area contributed by atoms with Crippen molar-refractivity contribution in [3.05, 3.63) is 449 Å². The number of thiophene rings is 4. The number of benzene rings is 19. The Labute approximate surface area is 821 Å². The molecule has 11 nitrogen and oxygen atoms in total. The number of hydrogen-bond donors (Lipinski definition) is 0. The second-order valence-electron chi connectivity index (χ2n) is 35.7. The Morgan fingerprint density at radius 2 is 0.482 bits per heavy atom. The lowest BCUT2D eigenvalue weighted by molar-refractivity contribution is 0.669. The molecular weight excluding hydrogens is 1800 g/mol. The summed E-state index contributed by atoms with van der Waals surface area (Å²) >= 11 is 7.15. The molecule has 0 saturated heterocycles. The van der Waals surface area contributed by atoms with Crippen molar-refractivity contribution in [2.45, 2.75) is 0 Å². The molecule has 0 fully saturated rings. The van der Waals surface area contributed by atoms with Crippen molar-refractivity contribution < 1.29 is 4.42 Å². The standard InChI is InChI=1S/C46H28N4S.C40H23N3OS.C40H23N3S2/c1-3-13-30(14-4-1)46-47-42(45-43(48-46)36-19-9-12-22-40(36)51-45)29-23-25-32(26-24-29)50-37-20-10-7-17-33(37)34-27-28-39-41(44(34)50)35-18-8-11-21-38(35)49(39)31-15-5-2-6-16-31;1-2-10-25(11-3-1)40-41-36(39-37(42-40)30-14-6-9-17-34(30)45-39)24-18-20-26(21-19-24)43-31-15-7-4-12-27(31)28-22-23-33-35(38(28)43)29-13-5-8-16-32(29)44-33;1-2-10-25(11-3-1)40-41-36(39-37(42-40)30-14-6-9-17-33(30)45-39)24-18-20-26(21-19-24)43-31-15-7-4-12-27(31)28-22-23-34-35(38(28)43)29-13-5-8-16-32(29)44-34/h1-28H;2*1-23H. The van der Waals surface area contributed by atoms with Gasteiger partial charge in [0.25, 0.3) is 0 Å². The van der Waals surface area contributed by atoms with E-state index in [4.69, 9.17) is 34.3 Å². The summed E-state index contributed by atoms with van der Waals surface area (Å²) in [6.45, 7) is 0. The highest BCUT2D eigenvalue weighted by Crippen LogP contribution is 2.50. The van der Waals surface area contributed by atoms with Crippen LogP contribution in [0.2, 0.25) is 0 Å². The lowest BCUT2D eigenvalue weighted by Crippen LogP contribution is -1.96. The average Bonchev–Trinajstić information content (AvgIpc) is 1.54. The molecule has 0 radical (unpaired) electrons. The number of fused-ring (bicyclic) bond motifs is 30. The van der Waals surface area contributed by atoms with Gasteiger partial charge in [0, 0.05) is 155 Å². The largest absolute Gasteiger partial charge is 0.456 e. The molecule has 0 unspecified atom stereocenters. The zero-order valence-electron chi connectivity index (χ0n) is 75.2. The summed E-state index contributed by atoms with van der Waals surface area (Å²) < 4.78 is 25.6. The van der Waals surface area contributed by atoms with Gasteiger partial charge in [0.2, 0.25) is 0 Å². The molecule has 12 aromatic heterocycles. The van der Waals surface area contributed by atoms with Crippen LogP contribution >= 0.6 is 45.3 Å². The van der Waals surface area contributed by atoms with Crippen LogP contribution in [-0.2, 0) is 0 Å². The summed E-state index contributed by atoms with van der Waals surface area (Å²) in [6.07, 6.45) is 0. The fraction of sp³-hybridized carbons (Fsp3) is 0. The summed E-state index contributed by atoms with van der Waals surface area (Å²) in [4.78, 5) is 30.9. The van der Waals surface area contributed by atoms with Crippen LogP contribution in [0.15, 0.2) is 453 Å². The summed E-state index contributed by atoms with van der Waals surface area (Å²) in [5, 5.41) is 18.4. The summed E-state index contributed by atoms with van der Waals surface area (Å²) in [6, 6.07) is 159. The van der Waals surface area contributed by atoms with Gasteiger partial charge in [-0.15, -0.1) is 45.3 Å². The molecule has 12 heterocycles. The lowest BCUT2D eigenvalue weighted by atomic mass is 10.1. The molecule has 0 aliphatic heterocycles. The SMILES string of the molecule is c1ccc(-c2nc(-c3ccc(-n4c5ccccc5c5ccc6c(c7ccccc7n6-c6ccccc6)c54)cc3)c3sc4ccccc4c3n2)cc1.c1ccc(-c2nc(-c3ccc(-n4c5ccccc5c5ccc6oc7ccccc7c6c54)cc3)c3sc4ccccc4c3n2)cc1.c1ccc(-c2nc(-c3ccc(-n4c5ccccc5c5ccc6sc7ccccc7c6c54)cc3)c3sc4ccccc4c3n2)cc1. The molecule has 0 bridgehead atoms. The van der Waals surface area contributed by atoms with Crippen molar-refractivity contribution in [3.63, 3.8) is 0 Å². The molecule has 0 aliphatic carbocycles. The highest BCUT2D eigenvalue weighted by atomic mass is 32.1. The van der Waals surface area contributed by atoms with E-state index in [0.717, 1.165) is 154 Å². The van der Waals surface area contributed by atoms with Crippen molar-refractivity contribution in [2.75, 3.05) is 0 Å². The van der Waals surface area contributed by atoms with E-state index in [1.54, 1.807) is 34.0 Å². The maximum absolute atomic E-state index is 6.31. The topological polar surface area (TPSA) is 110 Å². The molecule has 15 heteroatoms. The number of para-hydroxylation sites is 6. The smallest absolute Gasteiger partial charge is 0.160 e. The average molecular weight is 1870 g/mol. The minimum Gasteiger partial charge on any atom is -0.456 e. The molecule has 141 heavy (non-hydrogen) atoms. The van der Waals surface area contributed by atoms with Crippen LogP contribution in [0, 0.1) is 0 Å². The highest BCUT2D eigenvalue weighted by molar-refractivity contribution is 7.27. The Hall–Kier alpha value is -17.7. The molecule has 0 N–H and O–H groups in total. The van der Waals surface area contributed by atoms with Gasteiger partial charge in [0.1, 0.15) is 11.2 Å². The molecule has 658 valence electrons. The monoisotopic (exact) mass is 1870 g/mol. The predicted molar refractivity (Wildman–Crippen MR) is 595 cm³/mol. The Balaban J connectivity index is 0.000000102. The van der Waals surface area contributed by atoms with E-state index in [2.05, 4.69) is 400 Å². The first-order valence-corrected chi connectivity index (χ1v) is 50.5. The molecule has 19 aromatic carbocycles. The number of aromatic nitrogens is 10. The Morgan fingerprint density at radius 3 is 0.908 bits per heavy atom. The van der Waals surface area contributed by atoms with E-state index in [1.807, 2.05) is 78.1 Å². The van der Waals surface area contributed by atoms with Gasteiger partial charge in [-0.25, -0.2) is 29.9 Å². The van der Waals surface area contributed by atoms with Gasteiger partial charge >= 0.3 is 0 Å². The van der Waals surface area contributed by atoms with Crippen LogP contribution in [0.3, 0.4) is 0 Å². The van der Waals surface area contributed by atoms with Crippen LogP contribution < -0.4 is 0 Å². The van der Waals surface area contributed by atoms with Gasteiger partial charge in [-0.3, -0.25) is 0 Å². The summed E-state index contributed by atoms with van der Waals surface area (Å²) in [5.41, 5.74) is 28.0. The van der Waals surface area contributed by atoms with Crippen LogP contribution in [0.4, 0.5) is 0 Å². The van der Waals surface area contributed by atoms with E-state index in [-0.39, 0.29) is 0 Å². The van der Waals surface area contributed by atoms with Gasteiger partial charge in [0.05, 0.1) is 97.3 Å². The first kappa shape index (κ1) is 80.6. The van der Waals surface area contributed by atoms with Crippen molar-refractivity contribution >= 4 is 236 Å². The van der Waals surface area contributed by atoms with Gasteiger partial charge in [-0.05, 0) is 127 Å². The molecule has 0 atom stereocenters. The van der Waals surface area contributed by atoms with Crippen LogP contribution in [0.5, 0.6) is 0 Å². The van der Waals surface area contributed by atoms with E-state index in [9.17, 15) is 0 Å². The number of rotatable bonds is 10. The third-order valence-corrected chi connectivity index (χ3v) is 32.4. The lowest BCUT2D eigenvalue weighted by Gasteiger charge is -2.12. The summed E-state index contributed by atoms with van der Waals surface area (Å²) in [5.74, 6) is 2.23. The van der Waals surface area contributed by atoms with Gasteiger partial charge < -0.3 is 22.7 Å². The maximum Gasteiger partial charge on any atom is 0.160 e. The first-order valence-electron chi connectivity index (χ1n) is 47.2. The van der Waals surface area contributed by atoms with Crippen molar-refractivity contribution in [3.8, 4) is 90.7 Å². The highest BCUT2D eigenvalue weighted by Gasteiger charge is 2.28. The molecule has 31 rings (SSSR count). The Bertz CT molecular complexity index is 10100. The van der Waals surface area contributed by atoms with E-state index >= 15 is 0 Å². The fourth-order valence-corrected chi connectivity index (χ4v) is 26.1. The van der Waals surface area contributed by atoms with Gasteiger partial charge in [-0.1, -0.05) is 322 Å². The third kappa shape index (κ3) is 12.9. The minimum absolute atomic E-state index is 0.738. The van der Waals surface area contributed by atoms with Crippen molar-refractivity contribution in [2.24, 2.45) is 0 Å². The molecule has 0 amide bonds. The molecule has 0 spiro atoms. The van der Waals surface area contributed by atoms with Crippen molar-refractivity contribution in [1.29, 1.82) is 0 Å². The zero-order chi connectivity index (χ0) is 92.4. The normalized spacial score (nSPS) is 12.0. The number of nitrogens with zero attached hydrogens (tertiary/aromatic N) is 10. The second kappa shape index (κ2) is 32.5. The first-order chi connectivity index (χ1) is 69.9. The molecular formula is C126H74N10OS4. The predicted octanol–water partition coefficient (Wildman–Crippen LogP) is 35.2. The number of hydrogen-bond acceptors (Lipinski definition) is 11. The quantitative estimate of drug-likeness (QED) is 0.134. The van der Waals surface area contributed by atoms with Crippen molar-refractivity contribution in [1.82, 2.24) is 48.2 Å². The van der Waals surface area contributed by atoms with E-state index in [1.165, 1.54) is 127 Å². The molecule has 0 saturated carbocycles. The minimum atomic E-state index is 0.738. The molecule has 0 aliphatic rings. The third-order valence-electron chi connectivity index (χ3n) is 27.8. The van der Waals surface area contributed by atoms with Gasteiger partial charge in [-0.2, -0.15) is 0 Å². The van der Waals surface area contributed by atoms with E-state index < -0.39 is 0 Å². The summed E-state index contributed by atoms with van der Waals surface area (Å²) in [7, 11) is 0. The second-order valence-corrected chi connectivity index (χ2v) is 40.0. The van der Waals surface area contributed by atoms with E-state index in [0.29, 0.717) is 0 Å². The Morgan fingerprint density at radius 1 is 0.170 bits per heavy atom. The zero-order valence-corrected chi connectivity index (χ0v) is 78.5. The van der Waals surface area contributed by atoms with Crippen LogP contribution in [-0.4, -0.2) is 48.2 Å². The van der Waals surface area contributed by atoms with Crippen LogP contribution in [0.25, 0.3) is 281 Å². The number of furan rings is 1. The molecule has 31 aromatic rings. The van der Waals surface area contributed by atoms with Crippen LogP contribution in [0.1, 0.15) is 0 Å². The Kier molecular flexibility index (Phi) is 18.6.